The number of Topliss-reactive ketones (excluding diaryl/α,β-unsaturated/α-hetero) is 1. The monoisotopic (exact) mass is 266 g/mol. The number of carbonyl (C=O) groups excluding carboxylic acids is 1. The topological polar surface area (TPSA) is 57.5 Å². The molecule has 18 heavy (non-hydrogen) atoms. The molecule has 0 bridgehead atoms. The minimum atomic E-state index is -5.66. The van der Waals surface area contributed by atoms with Crippen LogP contribution in [0.5, 0.6) is 0 Å². The summed E-state index contributed by atoms with van der Waals surface area (Å²) in [7, 11) is 0. The fraction of sp³-hybridized carbons (Fsp3) is 0.364. The van der Waals surface area contributed by atoms with E-state index < -0.39 is 23.9 Å². The number of hydrogen-bond acceptors (Lipinski definition) is 3. The van der Waals surface area contributed by atoms with Crippen LogP contribution < -0.4 is 0 Å². The van der Waals surface area contributed by atoms with E-state index in [1.807, 2.05) is 0 Å². The summed E-state index contributed by atoms with van der Waals surface area (Å²) in [5.74, 6) is -6.33. The van der Waals surface area contributed by atoms with Gasteiger partial charge in [-0.05, 0) is 12.5 Å². The van der Waals surface area contributed by atoms with E-state index in [0.29, 0.717) is 0 Å². The van der Waals surface area contributed by atoms with Gasteiger partial charge in [-0.25, -0.2) is 4.39 Å². The Bertz CT molecular complexity index is 454. The normalized spacial score (nSPS) is 14.4. The highest BCUT2D eigenvalue weighted by Crippen LogP contribution is 2.33. The second-order valence-corrected chi connectivity index (χ2v) is 3.77. The Kier molecular flexibility index (Phi) is 3.78. The predicted molar refractivity (Wildman–Crippen MR) is 53.6 cm³/mol. The lowest BCUT2D eigenvalue weighted by Gasteiger charge is -2.27. The first-order chi connectivity index (χ1) is 8.09. The number of rotatable bonds is 3. The van der Waals surface area contributed by atoms with Crippen LogP contribution in [0.25, 0.3) is 0 Å². The fourth-order valence-electron chi connectivity index (χ4n) is 1.31. The van der Waals surface area contributed by atoms with Gasteiger partial charge in [0.1, 0.15) is 0 Å². The molecule has 0 aliphatic carbocycles. The highest BCUT2D eigenvalue weighted by molar-refractivity contribution is 6.01. The van der Waals surface area contributed by atoms with Crippen LogP contribution in [0, 0.1) is 6.92 Å². The molecule has 100 valence electrons. The van der Waals surface area contributed by atoms with Gasteiger partial charge in [-0.15, -0.1) is 0 Å². The average molecular weight is 266 g/mol. The molecule has 1 aromatic carbocycles. The van der Waals surface area contributed by atoms with Crippen LogP contribution in [-0.2, 0) is 0 Å². The molecule has 0 fully saturated rings. The number of alkyl halides is 4. The molecule has 2 N–H and O–H groups in total. The first-order valence-corrected chi connectivity index (χ1v) is 4.84. The molecule has 3 nitrogen and oxygen atoms in total. The lowest BCUT2D eigenvalue weighted by molar-refractivity contribution is -0.362. The number of carbonyl (C=O) groups is 1. The van der Waals surface area contributed by atoms with E-state index in [9.17, 15) is 22.4 Å². The highest BCUT2D eigenvalue weighted by Gasteiger charge is 2.61. The van der Waals surface area contributed by atoms with Crippen molar-refractivity contribution >= 4 is 5.78 Å². The first kappa shape index (κ1) is 14.6. The maximum absolute atomic E-state index is 13.4. The van der Waals surface area contributed by atoms with Crippen LogP contribution in [0.4, 0.5) is 17.6 Å². The van der Waals surface area contributed by atoms with Gasteiger partial charge in [0.05, 0.1) is 0 Å². The number of benzene rings is 1. The minimum Gasteiger partial charge on any atom is -0.356 e. The van der Waals surface area contributed by atoms with E-state index in [2.05, 4.69) is 0 Å². The van der Waals surface area contributed by atoms with Crippen molar-refractivity contribution in [1.29, 1.82) is 0 Å². The molecule has 0 amide bonds. The standard InChI is InChI=1S/C11H10F4O3/c1-6-4-2-3-5-7(6)8(16)9(12)10(17,18)11(13,14)15/h2-5,9,17-18H,1H3. The van der Waals surface area contributed by atoms with Gasteiger partial charge in [0.15, 0.2) is 0 Å². The second kappa shape index (κ2) is 4.66. The van der Waals surface area contributed by atoms with Crippen molar-refractivity contribution in [3.05, 3.63) is 35.4 Å². The van der Waals surface area contributed by atoms with Crippen molar-refractivity contribution in [3.8, 4) is 0 Å². The average Bonchev–Trinajstić information content (AvgIpc) is 2.26. The lowest BCUT2D eigenvalue weighted by Crippen LogP contribution is -2.55. The first-order valence-electron chi connectivity index (χ1n) is 4.84. The molecule has 0 saturated carbocycles. The molecule has 0 radical (unpaired) electrons. The summed E-state index contributed by atoms with van der Waals surface area (Å²) >= 11 is 0. The summed E-state index contributed by atoms with van der Waals surface area (Å²) < 4.78 is 49.9. The van der Waals surface area contributed by atoms with E-state index in [1.165, 1.54) is 25.1 Å². The van der Waals surface area contributed by atoms with Gasteiger partial charge in [-0.3, -0.25) is 4.79 Å². The molecule has 0 saturated heterocycles. The maximum Gasteiger partial charge on any atom is 0.446 e. The second-order valence-electron chi connectivity index (χ2n) is 3.77. The van der Waals surface area contributed by atoms with Gasteiger partial charge in [0, 0.05) is 5.56 Å². The molecule has 1 unspecified atom stereocenters. The third kappa shape index (κ3) is 2.51. The molecule has 0 heterocycles. The van der Waals surface area contributed by atoms with Gasteiger partial charge in [0.2, 0.25) is 12.0 Å². The number of hydrogen-bond donors (Lipinski definition) is 2. The summed E-state index contributed by atoms with van der Waals surface area (Å²) in [5, 5.41) is 17.4. The number of ketones is 1. The summed E-state index contributed by atoms with van der Waals surface area (Å²) in [4.78, 5) is 11.5. The van der Waals surface area contributed by atoms with Crippen LogP contribution in [0.1, 0.15) is 15.9 Å². The van der Waals surface area contributed by atoms with E-state index >= 15 is 0 Å². The van der Waals surface area contributed by atoms with E-state index in [1.54, 1.807) is 0 Å². The highest BCUT2D eigenvalue weighted by atomic mass is 19.4. The van der Waals surface area contributed by atoms with Gasteiger partial charge in [-0.1, -0.05) is 24.3 Å². The summed E-state index contributed by atoms with van der Waals surface area (Å²) in [6, 6.07) is 5.34. The Morgan fingerprint density at radius 1 is 1.22 bits per heavy atom. The zero-order valence-electron chi connectivity index (χ0n) is 9.20. The van der Waals surface area contributed by atoms with Gasteiger partial charge >= 0.3 is 12.0 Å². The quantitative estimate of drug-likeness (QED) is 0.498. The minimum absolute atomic E-state index is 0.239. The number of aliphatic hydroxyl groups is 2. The third-order valence-electron chi connectivity index (χ3n) is 2.41. The number of aryl methyl sites for hydroxylation is 1. The summed E-state index contributed by atoms with van der Waals surface area (Å²) in [6.45, 7) is 1.39. The van der Waals surface area contributed by atoms with Crippen LogP contribution in [0.3, 0.4) is 0 Å². The third-order valence-corrected chi connectivity index (χ3v) is 2.41. The molecule has 1 aromatic rings. The Labute approximate surface area is 99.7 Å². The van der Waals surface area contributed by atoms with E-state index in [4.69, 9.17) is 10.2 Å². The largest absolute Gasteiger partial charge is 0.446 e. The Hall–Kier alpha value is -1.47. The van der Waals surface area contributed by atoms with Crippen molar-refractivity contribution < 1.29 is 32.6 Å². The maximum atomic E-state index is 13.4. The van der Waals surface area contributed by atoms with Crippen LogP contribution in [0.2, 0.25) is 0 Å². The van der Waals surface area contributed by atoms with Crippen LogP contribution in [0.15, 0.2) is 24.3 Å². The summed E-state index contributed by atoms with van der Waals surface area (Å²) in [6.07, 6.45) is -9.16. The molecule has 1 atom stereocenters. The van der Waals surface area contributed by atoms with Gasteiger partial charge in [0.25, 0.3) is 0 Å². The Morgan fingerprint density at radius 2 is 1.72 bits per heavy atom. The smallest absolute Gasteiger partial charge is 0.356 e. The van der Waals surface area contributed by atoms with Crippen LogP contribution >= 0.6 is 0 Å². The van der Waals surface area contributed by atoms with Gasteiger partial charge in [-0.2, -0.15) is 13.2 Å². The number of halogens is 4. The van der Waals surface area contributed by atoms with Crippen molar-refractivity contribution in [2.24, 2.45) is 0 Å². The van der Waals surface area contributed by atoms with Crippen molar-refractivity contribution in [1.82, 2.24) is 0 Å². The molecule has 1 rings (SSSR count). The van der Waals surface area contributed by atoms with Crippen LogP contribution in [-0.4, -0.2) is 34.1 Å². The Balaban J connectivity index is 3.10. The lowest BCUT2D eigenvalue weighted by atomic mass is 9.97. The molecule has 0 aliphatic rings. The molecular weight excluding hydrogens is 256 g/mol. The predicted octanol–water partition coefficient (Wildman–Crippen LogP) is 1.76. The molecule has 0 aromatic heterocycles. The molecule has 7 heteroatoms. The fourth-order valence-corrected chi connectivity index (χ4v) is 1.31. The zero-order chi connectivity index (χ0) is 14.1. The van der Waals surface area contributed by atoms with Gasteiger partial charge < -0.3 is 10.2 Å². The van der Waals surface area contributed by atoms with Crippen molar-refractivity contribution in [2.45, 2.75) is 25.1 Å². The zero-order valence-corrected chi connectivity index (χ0v) is 9.20. The SMILES string of the molecule is Cc1ccccc1C(=O)C(F)C(O)(O)C(F)(F)F. The van der Waals surface area contributed by atoms with Crippen molar-refractivity contribution in [3.63, 3.8) is 0 Å². The molecule has 0 spiro atoms. The van der Waals surface area contributed by atoms with Crippen molar-refractivity contribution in [2.75, 3.05) is 0 Å². The molecule has 0 aliphatic heterocycles. The Morgan fingerprint density at radius 3 is 2.17 bits per heavy atom. The van der Waals surface area contributed by atoms with E-state index in [0.717, 1.165) is 6.07 Å². The molecular formula is C11H10F4O3. The summed E-state index contributed by atoms with van der Waals surface area (Å²) in [5.41, 5.74) is -0.0927. The van der Waals surface area contributed by atoms with E-state index in [-0.39, 0.29) is 11.1 Å².